The SMILES string of the molecule is NC(=O)CCC(N)=O.NP(O)O. The first kappa shape index (κ1) is 13.8. The van der Waals surface area contributed by atoms with Crippen LogP contribution in [0.25, 0.3) is 0 Å². The zero-order valence-corrected chi connectivity index (χ0v) is 7.20. The molecule has 0 atom stereocenters. The fourth-order valence-electron chi connectivity index (χ4n) is 0.246. The number of hydrogen-bond acceptors (Lipinski definition) is 5. The molecule has 8 heteroatoms. The Labute approximate surface area is 70.5 Å². The Hall–Kier alpha value is -0.750. The van der Waals surface area contributed by atoms with Crippen molar-refractivity contribution in [2.24, 2.45) is 17.0 Å². The van der Waals surface area contributed by atoms with Crippen molar-refractivity contribution in [2.75, 3.05) is 0 Å². The maximum absolute atomic E-state index is 9.92. The molecule has 0 aliphatic heterocycles. The largest absolute Gasteiger partial charge is 0.370 e. The number of rotatable bonds is 3. The summed E-state index contributed by atoms with van der Waals surface area (Å²) in [5.74, 6) is -0.993. The molecule has 0 aromatic heterocycles. The van der Waals surface area contributed by atoms with Gasteiger partial charge in [-0.3, -0.25) is 15.1 Å². The molecule has 0 unspecified atom stereocenters. The Morgan fingerprint density at radius 1 is 1.08 bits per heavy atom. The molecule has 0 fully saturated rings. The van der Waals surface area contributed by atoms with E-state index in [1.165, 1.54) is 0 Å². The van der Waals surface area contributed by atoms with Crippen LogP contribution in [0.1, 0.15) is 12.8 Å². The van der Waals surface area contributed by atoms with Crippen LogP contribution in [-0.4, -0.2) is 21.6 Å². The van der Waals surface area contributed by atoms with Crippen molar-refractivity contribution in [3.8, 4) is 0 Å². The van der Waals surface area contributed by atoms with Crippen molar-refractivity contribution in [3.05, 3.63) is 0 Å². The maximum Gasteiger partial charge on any atom is 0.247 e. The first-order chi connectivity index (χ1) is 5.36. The fourth-order valence-corrected chi connectivity index (χ4v) is 0.246. The van der Waals surface area contributed by atoms with E-state index in [1.807, 2.05) is 0 Å². The molecule has 0 aromatic rings. The first-order valence-corrected chi connectivity index (χ1v) is 4.17. The minimum Gasteiger partial charge on any atom is -0.370 e. The topological polar surface area (TPSA) is 153 Å². The second-order valence-electron chi connectivity index (χ2n) is 1.75. The van der Waals surface area contributed by atoms with Gasteiger partial charge in [0.05, 0.1) is 0 Å². The third-order valence-corrected chi connectivity index (χ3v) is 0.618. The highest BCUT2D eigenvalue weighted by molar-refractivity contribution is 7.42. The molecule has 0 aromatic carbocycles. The van der Waals surface area contributed by atoms with Gasteiger partial charge in [-0.05, 0) is 0 Å². The molecule has 8 N–H and O–H groups in total. The van der Waals surface area contributed by atoms with Gasteiger partial charge >= 0.3 is 0 Å². The van der Waals surface area contributed by atoms with Crippen molar-refractivity contribution >= 4 is 20.3 Å². The quantitative estimate of drug-likeness (QED) is 0.328. The van der Waals surface area contributed by atoms with Crippen LogP contribution in [0.4, 0.5) is 0 Å². The van der Waals surface area contributed by atoms with Crippen molar-refractivity contribution in [1.29, 1.82) is 0 Å². The van der Waals surface area contributed by atoms with E-state index >= 15 is 0 Å². The summed E-state index contributed by atoms with van der Waals surface area (Å²) < 4.78 is 0. The third kappa shape index (κ3) is 34.9. The summed E-state index contributed by atoms with van der Waals surface area (Å²) in [5.41, 5.74) is 13.7. The lowest BCUT2D eigenvalue weighted by Crippen LogP contribution is -2.16. The number of carbonyl (C=O) groups is 2. The van der Waals surface area contributed by atoms with Crippen LogP contribution in [0.15, 0.2) is 0 Å². The Morgan fingerprint density at radius 2 is 1.25 bits per heavy atom. The van der Waals surface area contributed by atoms with Crippen LogP contribution < -0.4 is 17.0 Å². The lowest BCUT2D eigenvalue weighted by molar-refractivity contribution is -0.123. The van der Waals surface area contributed by atoms with E-state index < -0.39 is 20.3 Å². The molecule has 0 saturated heterocycles. The summed E-state index contributed by atoms with van der Waals surface area (Å²) in [6.45, 7) is 0. The van der Waals surface area contributed by atoms with Crippen molar-refractivity contribution < 1.29 is 19.4 Å². The summed E-state index contributed by atoms with van der Waals surface area (Å²) in [6, 6.07) is 0. The van der Waals surface area contributed by atoms with Gasteiger partial charge in [-0.15, -0.1) is 0 Å². The highest BCUT2D eigenvalue weighted by Crippen LogP contribution is 2.05. The van der Waals surface area contributed by atoms with Gasteiger partial charge in [-0.1, -0.05) is 0 Å². The van der Waals surface area contributed by atoms with Gasteiger partial charge in [0.15, 0.2) is 0 Å². The molecule has 0 bridgehead atoms. The second-order valence-corrected chi connectivity index (χ2v) is 2.39. The number of nitrogens with two attached hydrogens (primary N) is 3. The van der Waals surface area contributed by atoms with Gasteiger partial charge in [0, 0.05) is 12.8 Å². The Bertz CT molecular complexity index is 134. The third-order valence-electron chi connectivity index (χ3n) is 0.618. The highest BCUT2D eigenvalue weighted by atomic mass is 31.2. The molecule has 0 heterocycles. The average molecular weight is 197 g/mol. The van der Waals surface area contributed by atoms with Crippen molar-refractivity contribution in [3.63, 3.8) is 0 Å². The Kier molecular flexibility index (Phi) is 9.61. The Morgan fingerprint density at radius 3 is 1.33 bits per heavy atom. The van der Waals surface area contributed by atoms with Crippen LogP contribution >= 0.6 is 8.53 Å². The van der Waals surface area contributed by atoms with Crippen LogP contribution in [0.3, 0.4) is 0 Å². The molecule has 0 aliphatic carbocycles. The molecule has 0 radical (unpaired) electrons. The molecule has 2 amide bonds. The monoisotopic (exact) mass is 197 g/mol. The summed E-state index contributed by atoms with van der Waals surface area (Å²) in [4.78, 5) is 34.7. The van der Waals surface area contributed by atoms with Crippen LogP contribution in [0.2, 0.25) is 0 Å². The van der Waals surface area contributed by atoms with Gasteiger partial charge < -0.3 is 21.3 Å². The second kappa shape index (κ2) is 8.35. The van der Waals surface area contributed by atoms with Crippen LogP contribution in [0, 0.1) is 0 Å². The molecule has 0 saturated carbocycles. The summed E-state index contributed by atoms with van der Waals surface area (Å²) >= 11 is 0. The predicted octanol–water partition coefficient (Wildman–Crippen LogP) is -2.11. The van der Waals surface area contributed by atoms with Gasteiger partial charge in [-0.25, -0.2) is 0 Å². The van der Waals surface area contributed by atoms with Gasteiger partial charge in [-0.2, -0.15) is 0 Å². The zero-order valence-electron chi connectivity index (χ0n) is 6.30. The van der Waals surface area contributed by atoms with Gasteiger partial charge in [0.2, 0.25) is 20.3 Å². The molecule has 0 spiro atoms. The average Bonchev–Trinajstić information content (AvgIpc) is 1.82. The van der Waals surface area contributed by atoms with E-state index in [-0.39, 0.29) is 12.8 Å². The molecule has 0 aliphatic rings. The maximum atomic E-state index is 9.92. The van der Waals surface area contributed by atoms with E-state index in [1.54, 1.807) is 0 Å². The number of hydrogen-bond donors (Lipinski definition) is 5. The zero-order chi connectivity index (χ0) is 10.1. The van der Waals surface area contributed by atoms with Gasteiger partial charge in [0.25, 0.3) is 0 Å². The normalized spacial score (nSPS) is 8.67. The van der Waals surface area contributed by atoms with E-state index in [0.717, 1.165) is 0 Å². The highest BCUT2D eigenvalue weighted by Gasteiger charge is 1.96. The van der Waals surface area contributed by atoms with Crippen LogP contribution in [0.5, 0.6) is 0 Å². The van der Waals surface area contributed by atoms with E-state index in [0.29, 0.717) is 0 Å². The molecule has 12 heavy (non-hydrogen) atoms. The lowest BCUT2D eigenvalue weighted by Gasteiger charge is -1.87. The summed E-state index contributed by atoms with van der Waals surface area (Å²) in [6.07, 6.45) is 0.102. The number of amides is 2. The number of carbonyl (C=O) groups excluding carboxylic acids is 2. The number of primary amides is 2. The molecular weight excluding hydrogens is 185 g/mol. The van der Waals surface area contributed by atoms with E-state index in [4.69, 9.17) is 21.3 Å². The fraction of sp³-hybridized carbons (Fsp3) is 0.500. The van der Waals surface area contributed by atoms with Crippen LogP contribution in [-0.2, 0) is 9.59 Å². The lowest BCUT2D eigenvalue weighted by atomic mass is 10.3. The van der Waals surface area contributed by atoms with Crippen molar-refractivity contribution in [2.45, 2.75) is 12.8 Å². The smallest absolute Gasteiger partial charge is 0.247 e. The summed E-state index contributed by atoms with van der Waals surface area (Å²) in [5, 5.41) is 0. The molecule has 0 rings (SSSR count). The van der Waals surface area contributed by atoms with E-state index in [2.05, 4.69) is 5.50 Å². The standard InChI is InChI=1S/C4H8N2O2.H4NO2P/c5-3(7)1-2-4(6)8;1-4(2)3/h1-2H2,(H2,5,7)(H2,6,8);2-3H,1H2. The van der Waals surface area contributed by atoms with Gasteiger partial charge in [0.1, 0.15) is 0 Å². The molecular formula is C4H12N3O4P. The minimum atomic E-state index is -2.12. The molecule has 72 valence electrons. The van der Waals surface area contributed by atoms with Crippen molar-refractivity contribution in [1.82, 2.24) is 0 Å². The Balaban J connectivity index is 0. The minimum absolute atomic E-state index is 0.0509. The van der Waals surface area contributed by atoms with E-state index in [9.17, 15) is 9.59 Å². The predicted molar refractivity (Wildman–Crippen MR) is 43.2 cm³/mol. The molecule has 7 nitrogen and oxygen atoms in total. The summed E-state index contributed by atoms with van der Waals surface area (Å²) in [7, 11) is -2.12. The first-order valence-electron chi connectivity index (χ1n) is 2.85.